The van der Waals surface area contributed by atoms with E-state index in [1.807, 2.05) is 60.7 Å². The summed E-state index contributed by atoms with van der Waals surface area (Å²) in [5.41, 5.74) is 1.71. The monoisotopic (exact) mass is 344 g/mol. The Balaban J connectivity index is 2.12. The molecule has 0 saturated carbocycles. The van der Waals surface area contributed by atoms with Gasteiger partial charge in [0.1, 0.15) is 5.25 Å². The number of hydrogen-bond acceptors (Lipinski definition) is 2. The molecule has 2 aromatic rings. The fourth-order valence-electron chi connectivity index (χ4n) is 3.06. The molecule has 0 spiro atoms. The van der Waals surface area contributed by atoms with Crippen molar-refractivity contribution in [3.63, 3.8) is 0 Å². The van der Waals surface area contributed by atoms with E-state index in [1.54, 1.807) is 0 Å². The van der Waals surface area contributed by atoms with E-state index < -0.39 is 15.1 Å². The molecule has 0 bridgehead atoms. The molecule has 0 aliphatic carbocycles. The number of benzene rings is 2. The number of sulfone groups is 1. The molecule has 0 heterocycles. The molecule has 0 fully saturated rings. The minimum atomic E-state index is -3.22. The van der Waals surface area contributed by atoms with Gasteiger partial charge in [0.05, 0.1) is 5.75 Å². The van der Waals surface area contributed by atoms with Crippen molar-refractivity contribution in [2.45, 2.75) is 50.7 Å². The molecule has 0 aromatic heterocycles. The average molecular weight is 345 g/mol. The lowest BCUT2D eigenvalue weighted by atomic mass is 10.0. The van der Waals surface area contributed by atoms with Crippen LogP contribution in [0.3, 0.4) is 0 Å². The topological polar surface area (TPSA) is 34.1 Å². The third kappa shape index (κ3) is 5.48. The molecule has 0 aliphatic heterocycles. The second kappa shape index (κ2) is 9.63. The van der Waals surface area contributed by atoms with E-state index >= 15 is 0 Å². The first kappa shape index (κ1) is 18.7. The summed E-state index contributed by atoms with van der Waals surface area (Å²) in [4.78, 5) is 0. The number of unbranched alkanes of at least 4 members (excludes halogenated alkanes) is 5. The van der Waals surface area contributed by atoms with E-state index in [0.717, 1.165) is 30.4 Å². The highest BCUT2D eigenvalue weighted by atomic mass is 32.2. The van der Waals surface area contributed by atoms with Gasteiger partial charge in [-0.3, -0.25) is 0 Å². The van der Waals surface area contributed by atoms with Crippen molar-refractivity contribution in [2.75, 3.05) is 5.75 Å². The van der Waals surface area contributed by atoms with Crippen LogP contribution in [0.5, 0.6) is 0 Å². The molecule has 0 aliphatic rings. The summed E-state index contributed by atoms with van der Waals surface area (Å²) in [5, 5.41) is -0.560. The van der Waals surface area contributed by atoms with E-state index in [9.17, 15) is 8.42 Å². The summed E-state index contributed by atoms with van der Waals surface area (Å²) in [6.07, 6.45) is 6.53. The van der Waals surface area contributed by atoms with Crippen molar-refractivity contribution in [3.8, 4) is 0 Å². The Kier molecular flexibility index (Phi) is 7.51. The van der Waals surface area contributed by atoms with Crippen molar-refractivity contribution in [2.24, 2.45) is 0 Å². The summed E-state index contributed by atoms with van der Waals surface area (Å²) < 4.78 is 26.0. The maximum absolute atomic E-state index is 13.0. The minimum Gasteiger partial charge on any atom is -0.228 e. The normalized spacial score (nSPS) is 11.8. The first-order valence-corrected chi connectivity index (χ1v) is 10.7. The summed E-state index contributed by atoms with van der Waals surface area (Å²) in [7, 11) is -3.22. The second-order valence-corrected chi connectivity index (χ2v) is 8.54. The van der Waals surface area contributed by atoms with Gasteiger partial charge in [-0.05, 0) is 17.5 Å². The molecular weight excluding hydrogens is 316 g/mol. The first-order chi connectivity index (χ1) is 11.6. The van der Waals surface area contributed by atoms with Gasteiger partial charge >= 0.3 is 0 Å². The Morgan fingerprint density at radius 1 is 0.708 bits per heavy atom. The largest absolute Gasteiger partial charge is 0.228 e. The van der Waals surface area contributed by atoms with Crippen molar-refractivity contribution in [1.29, 1.82) is 0 Å². The summed E-state index contributed by atoms with van der Waals surface area (Å²) in [6.45, 7) is 2.19. The molecule has 0 saturated heterocycles. The Labute approximate surface area is 146 Å². The average Bonchev–Trinajstić information content (AvgIpc) is 2.60. The van der Waals surface area contributed by atoms with Crippen LogP contribution in [0.1, 0.15) is 61.8 Å². The fourth-order valence-corrected chi connectivity index (χ4v) is 5.05. The lowest BCUT2D eigenvalue weighted by molar-refractivity contribution is 0.577. The third-order valence-electron chi connectivity index (χ3n) is 4.35. The molecule has 0 unspecified atom stereocenters. The molecule has 130 valence electrons. The highest BCUT2D eigenvalue weighted by Crippen LogP contribution is 2.31. The Hall–Kier alpha value is -1.61. The molecule has 2 aromatic carbocycles. The predicted molar refractivity (Wildman–Crippen MR) is 102 cm³/mol. The van der Waals surface area contributed by atoms with E-state index in [0.29, 0.717) is 0 Å². The molecule has 0 amide bonds. The molecule has 2 nitrogen and oxygen atoms in total. The highest BCUT2D eigenvalue weighted by molar-refractivity contribution is 7.91. The summed E-state index contributed by atoms with van der Waals surface area (Å²) in [6, 6.07) is 19.1. The van der Waals surface area contributed by atoms with Gasteiger partial charge in [0, 0.05) is 0 Å². The van der Waals surface area contributed by atoms with Gasteiger partial charge in [0.25, 0.3) is 0 Å². The molecule has 24 heavy (non-hydrogen) atoms. The Bertz CT molecular complexity index is 639. The fraction of sp³-hybridized carbons (Fsp3) is 0.429. The lowest BCUT2D eigenvalue weighted by Gasteiger charge is -2.19. The van der Waals surface area contributed by atoms with Crippen LogP contribution < -0.4 is 0 Å². The Morgan fingerprint density at radius 2 is 1.17 bits per heavy atom. The van der Waals surface area contributed by atoms with Crippen molar-refractivity contribution < 1.29 is 8.42 Å². The van der Waals surface area contributed by atoms with Crippen molar-refractivity contribution >= 4 is 9.84 Å². The SMILES string of the molecule is CCCCCCCCS(=O)(=O)C(c1ccccc1)c1ccccc1. The van der Waals surface area contributed by atoms with Crippen LogP contribution in [0.25, 0.3) is 0 Å². The smallest absolute Gasteiger partial charge is 0.161 e. The van der Waals surface area contributed by atoms with Gasteiger partial charge in [-0.15, -0.1) is 0 Å². The summed E-state index contributed by atoms with van der Waals surface area (Å²) in [5.74, 6) is 0.258. The molecule has 3 heteroatoms. The van der Waals surface area contributed by atoms with Crippen molar-refractivity contribution in [1.82, 2.24) is 0 Å². The molecule has 0 radical (unpaired) electrons. The third-order valence-corrected chi connectivity index (χ3v) is 6.47. The van der Waals surface area contributed by atoms with Crippen LogP contribution in [0.2, 0.25) is 0 Å². The second-order valence-electron chi connectivity index (χ2n) is 6.34. The number of hydrogen-bond donors (Lipinski definition) is 0. The molecule has 0 atom stereocenters. The predicted octanol–water partition coefficient (Wildman–Crippen LogP) is 5.55. The van der Waals surface area contributed by atoms with Gasteiger partial charge in [-0.2, -0.15) is 0 Å². The highest BCUT2D eigenvalue weighted by Gasteiger charge is 2.28. The maximum atomic E-state index is 13.0. The van der Waals surface area contributed by atoms with Crippen LogP contribution >= 0.6 is 0 Å². The molecule has 0 N–H and O–H groups in total. The first-order valence-electron chi connectivity index (χ1n) is 8.96. The van der Waals surface area contributed by atoms with E-state index in [-0.39, 0.29) is 5.75 Å². The Morgan fingerprint density at radius 3 is 1.67 bits per heavy atom. The number of rotatable bonds is 10. The quantitative estimate of drug-likeness (QED) is 0.529. The lowest BCUT2D eigenvalue weighted by Crippen LogP contribution is -2.18. The van der Waals surface area contributed by atoms with Crippen LogP contribution in [-0.4, -0.2) is 14.2 Å². The zero-order valence-electron chi connectivity index (χ0n) is 14.5. The van der Waals surface area contributed by atoms with Gasteiger partial charge in [0.15, 0.2) is 9.84 Å². The van der Waals surface area contributed by atoms with E-state index in [4.69, 9.17) is 0 Å². The van der Waals surface area contributed by atoms with Crippen LogP contribution in [-0.2, 0) is 9.84 Å². The zero-order chi connectivity index (χ0) is 17.3. The van der Waals surface area contributed by atoms with Crippen LogP contribution in [0, 0.1) is 0 Å². The van der Waals surface area contributed by atoms with Crippen molar-refractivity contribution in [3.05, 3.63) is 71.8 Å². The zero-order valence-corrected chi connectivity index (χ0v) is 15.3. The molecular formula is C21H28O2S. The van der Waals surface area contributed by atoms with Gasteiger partial charge in [0.2, 0.25) is 0 Å². The minimum absolute atomic E-state index is 0.258. The van der Waals surface area contributed by atoms with E-state index in [2.05, 4.69) is 6.92 Å². The maximum Gasteiger partial charge on any atom is 0.161 e. The van der Waals surface area contributed by atoms with Crippen LogP contribution in [0.15, 0.2) is 60.7 Å². The van der Waals surface area contributed by atoms with Gasteiger partial charge < -0.3 is 0 Å². The van der Waals surface area contributed by atoms with E-state index in [1.165, 1.54) is 19.3 Å². The van der Waals surface area contributed by atoms with Gasteiger partial charge in [-0.1, -0.05) is 99.7 Å². The van der Waals surface area contributed by atoms with Crippen LogP contribution in [0.4, 0.5) is 0 Å². The van der Waals surface area contributed by atoms with Gasteiger partial charge in [-0.25, -0.2) is 8.42 Å². The molecule has 2 rings (SSSR count). The standard InChI is InChI=1S/C21H28O2S/c1-2-3-4-5-6-13-18-24(22,23)21(19-14-9-7-10-15-19)20-16-11-8-12-17-20/h7-12,14-17,21H,2-6,13,18H2,1H3. The summed E-state index contributed by atoms with van der Waals surface area (Å²) >= 11 is 0.